The third kappa shape index (κ3) is 1.47. The highest BCUT2D eigenvalue weighted by atomic mass is 16.7. The highest BCUT2D eigenvalue weighted by Gasteiger charge is 2.35. The maximum atomic E-state index is 8.44. The average molecular weight is 164 g/mol. The van der Waals surface area contributed by atoms with Crippen molar-refractivity contribution in [1.82, 2.24) is 5.06 Å². The van der Waals surface area contributed by atoms with Crippen LogP contribution in [-0.4, -0.2) is 17.6 Å². The Morgan fingerprint density at radius 1 is 1.83 bits per heavy atom. The topological polar surface area (TPSA) is 49.2 Å². The summed E-state index contributed by atoms with van der Waals surface area (Å²) in [5, 5.41) is 10.1. The molecule has 1 fully saturated rings. The van der Waals surface area contributed by atoms with Crippen molar-refractivity contribution in [3.8, 4) is 6.07 Å². The first kappa shape index (κ1) is 7.35. The normalized spacial score (nSPS) is 26.6. The highest BCUT2D eigenvalue weighted by molar-refractivity contribution is 5.02. The van der Waals surface area contributed by atoms with Crippen LogP contribution in [0.2, 0.25) is 0 Å². The van der Waals surface area contributed by atoms with Crippen LogP contribution in [0.4, 0.5) is 0 Å². The zero-order valence-electron chi connectivity index (χ0n) is 6.43. The van der Waals surface area contributed by atoms with Gasteiger partial charge in [-0.2, -0.15) is 10.3 Å². The van der Waals surface area contributed by atoms with E-state index in [0.717, 1.165) is 5.76 Å². The molecule has 1 aliphatic heterocycles. The molecule has 1 aromatic heterocycles. The van der Waals surface area contributed by atoms with Gasteiger partial charge in [0.1, 0.15) is 18.4 Å². The molecule has 2 atom stereocenters. The predicted molar refractivity (Wildman–Crippen MR) is 39.6 cm³/mol. The quantitative estimate of drug-likeness (QED) is 0.623. The number of hydrogen-bond donors (Lipinski definition) is 0. The van der Waals surface area contributed by atoms with Crippen LogP contribution in [0.15, 0.2) is 22.8 Å². The minimum Gasteiger partial charge on any atom is -0.467 e. The zero-order chi connectivity index (χ0) is 8.39. The third-order valence-corrected chi connectivity index (χ3v) is 1.67. The van der Waals surface area contributed by atoms with E-state index >= 15 is 0 Å². The Hall–Kier alpha value is -1.31. The number of furan rings is 1. The molecule has 4 nitrogen and oxygen atoms in total. The van der Waals surface area contributed by atoms with E-state index in [1.807, 2.05) is 12.1 Å². The molecule has 0 aliphatic carbocycles. The fourth-order valence-electron chi connectivity index (χ4n) is 0.912. The van der Waals surface area contributed by atoms with Crippen molar-refractivity contribution < 1.29 is 9.25 Å². The van der Waals surface area contributed by atoms with Crippen LogP contribution in [0.25, 0.3) is 0 Å². The molecule has 2 rings (SSSR count). The summed E-state index contributed by atoms with van der Waals surface area (Å²) in [6.45, 7) is 1.11. The van der Waals surface area contributed by atoms with Gasteiger partial charge in [-0.25, -0.2) is 0 Å². The van der Waals surface area contributed by atoms with E-state index in [4.69, 9.17) is 14.5 Å². The molecule has 0 aromatic carbocycles. The van der Waals surface area contributed by atoms with E-state index in [1.165, 1.54) is 0 Å². The van der Waals surface area contributed by atoms with Crippen LogP contribution >= 0.6 is 0 Å². The fourth-order valence-corrected chi connectivity index (χ4v) is 0.912. The summed E-state index contributed by atoms with van der Waals surface area (Å²) in [5.41, 5.74) is 0. The summed E-state index contributed by atoms with van der Waals surface area (Å²) in [4.78, 5) is 5.22. The largest absolute Gasteiger partial charge is 0.467 e. The Kier molecular flexibility index (Phi) is 1.82. The summed E-state index contributed by atoms with van der Waals surface area (Å²) >= 11 is 0. The molecule has 2 heterocycles. The van der Waals surface area contributed by atoms with E-state index in [0.29, 0.717) is 13.2 Å². The Bertz CT molecular complexity index is 289. The van der Waals surface area contributed by atoms with Gasteiger partial charge < -0.3 is 4.42 Å². The molecule has 0 saturated carbocycles. The van der Waals surface area contributed by atoms with E-state index in [-0.39, 0.29) is 6.04 Å². The molecule has 12 heavy (non-hydrogen) atoms. The molecule has 0 spiro atoms. The minimum atomic E-state index is -0.0556. The molecule has 2 unspecified atom stereocenters. The van der Waals surface area contributed by atoms with Crippen LogP contribution in [-0.2, 0) is 11.4 Å². The second-order valence-corrected chi connectivity index (χ2v) is 2.60. The summed E-state index contributed by atoms with van der Waals surface area (Å²) in [7, 11) is 0. The van der Waals surface area contributed by atoms with E-state index in [9.17, 15) is 0 Å². The zero-order valence-corrected chi connectivity index (χ0v) is 6.43. The number of nitrogens with zero attached hydrogens (tertiary/aromatic N) is 2. The van der Waals surface area contributed by atoms with Gasteiger partial charge in [0.15, 0.2) is 0 Å². The molecule has 1 saturated heterocycles. The summed E-state index contributed by atoms with van der Waals surface area (Å²) in [5.74, 6) is 0.776. The second kappa shape index (κ2) is 2.97. The van der Waals surface area contributed by atoms with Gasteiger partial charge in [-0.1, -0.05) is 0 Å². The molecule has 1 aromatic rings. The summed E-state index contributed by atoms with van der Waals surface area (Å²) < 4.78 is 5.05. The van der Waals surface area contributed by atoms with Crippen LogP contribution in [0, 0.1) is 11.3 Å². The lowest BCUT2D eigenvalue weighted by atomic mass is 10.5. The van der Waals surface area contributed by atoms with Crippen LogP contribution in [0.1, 0.15) is 5.76 Å². The average Bonchev–Trinajstić information content (AvgIpc) is 2.67. The molecular weight excluding hydrogens is 156 g/mol. The van der Waals surface area contributed by atoms with Crippen LogP contribution in [0.5, 0.6) is 0 Å². The smallest absolute Gasteiger partial charge is 0.137 e. The second-order valence-electron chi connectivity index (χ2n) is 2.60. The Morgan fingerprint density at radius 2 is 2.75 bits per heavy atom. The van der Waals surface area contributed by atoms with Crippen molar-refractivity contribution in [2.45, 2.75) is 12.6 Å². The maximum absolute atomic E-state index is 8.44. The first-order chi connectivity index (χ1) is 5.90. The van der Waals surface area contributed by atoms with Gasteiger partial charge in [0, 0.05) is 0 Å². The van der Waals surface area contributed by atoms with Crippen molar-refractivity contribution in [2.75, 3.05) is 6.54 Å². The Labute approximate surface area is 69.9 Å². The van der Waals surface area contributed by atoms with Gasteiger partial charge in [-0.15, -0.1) is 0 Å². The van der Waals surface area contributed by atoms with Crippen LogP contribution < -0.4 is 0 Å². The standard InChI is InChI=1S/C8H8N2O2/c9-4-7-5-10(7)12-6-8-2-1-3-11-8/h1-3,7H,5-6H2. The number of hydroxylamine groups is 2. The Balaban J connectivity index is 1.75. The number of rotatable bonds is 3. The first-order valence-electron chi connectivity index (χ1n) is 3.71. The SMILES string of the molecule is N#CC1CN1OCc1ccco1. The predicted octanol–water partition coefficient (Wildman–Crippen LogP) is 0.919. The monoisotopic (exact) mass is 164 g/mol. The summed E-state index contributed by atoms with van der Waals surface area (Å²) in [6.07, 6.45) is 1.60. The molecular formula is C8H8N2O2. The number of hydrogen-bond acceptors (Lipinski definition) is 4. The lowest BCUT2D eigenvalue weighted by Gasteiger charge is -1.98. The maximum Gasteiger partial charge on any atom is 0.137 e. The van der Waals surface area contributed by atoms with E-state index < -0.39 is 0 Å². The van der Waals surface area contributed by atoms with E-state index in [1.54, 1.807) is 11.3 Å². The van der Waals surface area contributed by atoms with Gasteiger partial charge in [-0.3, -0.25) is 4.84 Å². The van der Waals surface area contributed by atoms with Crippen LogP contribution in [0.3, 0.4) is 0 Å². The van der Waals surface area contributed by atoms with Gasteiger partial charge >= 0.3 is 0 Å². The first-order valence-corrected chi connectivity index (χ1v) is 3.71. The van der Waals surface area contributed by atoms with Gasteiger partial charge in [0.2, 0.25) is 0 Å². The van der Waals surface area contributed by atoms with Gasteiger partial charge in [-0.05, 0) is 12.1 Å². The van der Waals surface area contributed by atoms with Crippen molar-refractivity contribution in [1.29, 1.82) is 5.26 Å². The molecule has 0 N–H and O–H groups in total. The van der Waals surface area contributed by atoms with Gasteiger partial charge in [0.05, 0.1) is 18.9 Å². The van der Waals surface area contributed by atoms with Crippen molar-refractivity contribution >= 4 is 0 Å². The van der Waals surface area contributed by atoms with Gasteiger partial charge in [0.25, 0.3) is 0 Å². The molecule has 0 radical (unpaired) electrons. The van der Waals surface area contributed by atoms with Crippen molar-refractivity contribution in [3.63, 3.8) is 0 Å². The lowest BCUT2D eigenvalue weighted by molar-refractivity contribution is -0.0885. The molecule has 0 amide bonds. The third-order valence-electron chi connectivity index (χ3n) is 1.67. The van der Waals surface area contributed by atoms with Crippen molar-refractivity contribution in [3.05, 3.63) is 24.2 Å². The summed E-state index contributed by atoms with van der Waals surface area (Å²) in [6, 6.07) is 5.68. The molecule has 4 heteroatoms. The Morgan fingerprint density at radius 3 is 3.33 bits per heavy atom. The molecule has 1 aliphatic rings. The molecule has 0 bridgehead atoms. The lowest BCUT2D eigenvalue weighted by Crippen LogP contribution is -2.01. The van der Waals surface area contributed by atoms with E-state index in [2.05, 4.69) is 6.07 Å². The minimum absolute atomic E-state index is 0.0556. The number of nitriles is 1. The highest BCUT2D eigenvalue weighted by Crippen LogP contribution is 2.17. The van der Waals surface area contributed by atoms with Crippen molar-refractivity contribution in [2.24, 2.45) is 0 Å². The fraction of sp³-hybridized carbons (Fsp3) is 0.375. The molecule has 62 valence electrons.